The monoisotopic (exact) mass is 555 g/mol. The molecule has 0 bridgehead atoms. The summed E-state index contributed by atoms with van der Waals surface area (Å²) in [4.78, 5) is 27.9. The van der Waals surface area contributed by atoms with Crippen LogP contribution in [-0.4, -0.2) is 50.5 Å². The molecule has 0 saturated heterocycles. The van der Waals surface area contributed by atoms with E-state index in [1.54, 1.807) is 35.2 Å². The molecule has 0 aromatic heterocycles. The molecule has 1 N–H and O–H groups in total. The Labute approximate surface area is 224 Å². The van der Waals surface area contributed by atoms with Crippen molar-refractivity contribution >= 4 is 50.7 Å². The van der Waals surface area contributed by atoms with Crippen molar-refractivity contribution in [2.24, 2.45) is 0 Å². The van der Waals surface area contributed by atoms with Crippen molar-refractivity contribution < 1.29 is 18.0 Å². The molecule has 0 aliphatic heterocycles. The van der Waals surface area contributed by atoms with Gasteiger partial charge in [0, 0.05) is 36.1 Å². The van der Waals surface area contributed by atoms with Crippen molar-refractivity contribution in [1.29, 1.82) is 0 Å². The first-order valence-corrected chi connectivity index (χ1v) is 14.6. The maximum absolute atomic E-state index is 13.4. The molecule has 0 aliphatic carbocycles. The lowest BCUT2D eigenvalue weighted by molar-refractivity contribution is -0.141. The molecule has 2 aromatic rings. The van der Waals surface area contributed by atoms with Crippen molar-refractivity contribution in [2.45, 2.75) is 59.0 Å². The van der Waals surface area contributed by atoms with Gasteiger partial charge in [-0.2, -0.15) is 0 Å². The molecule has 0 radical (unpaired) electrons. The Morgan fingerprint density at radius 2 is 1.67 bits per heavy atom. The van der Waals surface area contributed by atoms with Crippen LogP contribution in [0.3, 0.4) is 0 Å². The Kier molecular flexibility index (Phi) is 11.5. The van der Waals surface area contributed by atoms with E-state index in [0.717, 1.165) is 23.8 Å². The third kappa shape index (κ3) is 8.68. The fourth-order valence-electron chi connectivity index (χ4n) is 3.91. The number of hydrogen-bond acceptors (Lipinski definition) is 4. The lowest BCUT2D eigenvalue weighted by Gasteiger charge is -2.31. The second kappa shape index (κ2) is 13.9. The number of amides is 2. The summed E-state index contributed by atoms with van der Waals surface area (Å²) >= 11 is 12.1. The van der Waals surface area contributed by atoms with Crippen LogP contribution in [0.2, 0.25) is 10.0 Å². The zero-order valence-electron chi connectivity index (χ0n) is 21.3. The fourth-order valence-corrected chi connectivity index (χ4v) is 5.21. The van der Waals surface area contributed by atoms with E-state index in [1.807, 2.05) is 32.9 Å². The number of nitrogens with zero attached hydrogens (tertiary/aromatic N) is 2. The summed E-state index contributed by atoms with van der Waals surface area (Å²) in [6, 6.07) is 11.6. The summed E-state index contributed by atoms with van der Waals surface area (Å²) in [5, 5.41) is 3.90. The molecule has 1 atom stereocenters. The highest BCUT2D eigenvalue weighted by atomic mass is 35.5. The van der Waals surface area contributed by atoms with E-state index in [-0.39, 0.29) is 37.7 Å². The van der Waals surface area contributed by atoms with Crippen molar-refractivity contribution in [3.63, 3.8) is 0 Å². The van der Waals surface area contributed by atoms with Gasteiger partial charge in [0.05, 0.1) is 11.9 Å². The zero-order valence-corrected chi connectivity index (χ0v) is 23.6. The van der Waals surface area contributed by atoms with Crippen LogP contribution >= 0.6 is 23.2 Å². The Morgan fingerprint density at radius 3 is 2.25 bits per heavy atom. The molecule has 0 spiro atoms. The average molecular weight is 557 g/mol. The molecule has 2 amide bonds. The largest absolute Gasteiger partial charge is 0.354 e. The van der Waals surface area contributed by atoms with Gasteiger partial charge in [0.15, 0.2) is 0 Å². The van der Waals surface area contributed by atoms with Gasteiger partial charge < -0.3 is 10.2 Å². The smallest absolute Gasteiger partial charge is 0.242 e. The van der Waals surface area contributed by atoms with Crippen LogP contribution in [0.5, 0.6) is 0 Å². The fraction of sp³-hybridized carbons (Fsp3) is 0.462. The molecular weight excluding hydrogens is 521 g/mol. The molecule has 0 unspecified atom stereocenters. The molecule has 7 nitrogen and oxygen atoms in total. The number of nitrogens with one attached hydrogen (secondary N) is 1. The molecule has 198 valence electrons. The first-order chi connectivity index (χ1) is 17.0. The van der Waals surface area contributed by atoms with E-state index in [2.05, 4.69) is 5.32 Å². The number of aryl methyl sites for hydroxylation is 1. The minimum absolute atomic E-state index is 0.0801. The second-order valence-electron chi connectivity index (χ2n) is 8.73. The van der Waals surface area contributed by atoms with Gasteiger partial charge in [0.1, 0.15) is 6.04 Å². The summed E-state index contributed by atoms with van der Waals surface area (Å²) in [6.07, 6.45) is 2.73. The van der Waals surface area contributed by atoms with Gasteiger partial charge in [-0.25, -0.2) is 8.42 Å². The molecule has 0 aliphatic rings. The van der Waals surface area contributed by atoms with Gasteiger partial charge in [0.2, 0.25) is 21.8 Å². The summed E-state index contributed by atoms with van der Waals surface area (Å²) in [6.45, 7) is 6.53. The average Bonchev–Trinajstić information content (AvgIpc) is 2.82. The molecule has 36 heavy (non-hydrogen) atoms. The van der Waals surface area contributed by atoms with E-state index in [4.69, 9.17) is 23.2 Å². The van der Waals surface area contributed by atoms with Gasteiger partial charge in [-0.05, 0) is 61.6 Å². The number of rotatable bonds is 13. The highest BCUT2D eigenvalue weighted by Crippen LogP contribution is 2.27. The van der Waals surface area contributed by atoms with Crippen LogP contribution in [-0.2, 0) is 26.2 Å². The number of carbonyl (C=O) groups is 2. The van der Waals surface area contributed by atoms with E-state index < -0.39 is 16.1 Å². The van der Waals surface area contributed by atoms with Crippen LogP contribution in [0, 0.1) is 6.92 Å². The van der Waals surface area contributed by atoms with E-state index >= 15 is 0 Å². The Balaban J connectivity index is 2.23. The molecule has 0 saturated carbocycles. The predicted molar refractivity (Wildman–Crippen MR) is 147 cm³/mol. The predicted octanol–water partition coefficient (Wildman–Crippen LogP) is 5.18. The molecule has 0 heterocycles. The van der Waals surface area contributed by atoms with Crippen molar-refractivity contribution in [3.8, 4) is 0 Å². The Hall–Kier alpha value is -2.29. The minimum Gasteiger partial charge on any atom is -0.354 e. The SMILES string of the molecule is CCCNC(=O)[C@H](CC)N(Cc1ccc(Cl)cc1)C(=O)CCCN(c1cc(Cl)ccc1C)S(C)(=O)=O. The molecule has 10 heteroatoms. The topological polar surface area (TPSA) is 86.8 Å². The normalized spacial score (nSPS) is 12.2. The van der Waals surface area contributed by atoms with E-state index in [1.165, 1.54) is 4.31 Å². The number of hydrogen-bond donors (Lipinski definition) is 1. The van der Waals surface area contributed by atoms with Crippen LogP contribution < -0.4 is 9.62 Å². The number of anilines is 1. The van der Waals surface area contributed by atoms with Crippen LogP contribution in [0.4, 0.5) is 5.69 Å². The number of carbonyl (C=O) groups excluding carboxylic acids is 2. The number of sulfonamides is 1. The number of halogens is 2. The molecule has 0 fully saturated rings. The Morgan fingerprint density at radius 1 is 1.03 bits per heavy atom. The molecule has 2 aromatic carbocycles. The summed E-state index contributed by atoms with van der Waals surface area (Å²) < 4.78 is 26.4. The first kappa shape index (κ1) is 29.9. The summed E-state index contributed by atoms with van der Waals surface area (Å²) in [5.41, 5.74) is 2.10. The standard InChI is InChI=1S/C26H35Cl2N3O4S/c1-5-15-29-26(33)23(6-2)30(18-20-10-13-21(27)14-11-20)25(32)8-7-16-31(36(4,34)35)24-17-22(28)12-9-19(24)3/h9-14,17,23H,5-8,15-16,18H2,1-4H3,(H,29,33)/t23-/m0/s1. The Bertz CT molecular complexity index is 1140. The van der Waals surface area contributed by atoms with Gasteiger partial charge in [0.25, 0.3) is 0 Å². The zero-order chi connectivity index (χ0) is 26.9. The van der Waals surface area contributed by atoms with E-state index in [0.29, 0.717) is 28.7 Å². The first-order valence-electron chi connectivity index (χ1n) is 12.0. The minimum atomic E-state index is -3.60. The lowest BCUT2D eigenvalue weighted by atomic mass is 10.1. The quantitative estimate of drug-likeness (QED) is 0.368. The van der Waals surface area contributed by atoms with Crippen molar-refractivity contribution in [3.05, 3.63) is 63.6 Å². The maximum atomic E-state index is 13.4. The highest BCUT2D eigenvalue weighted by molar-refractivity contribution is 7.92. The van der Waals surface area contributed by atoms with Gasteiger partial charge in [-0.15, -0.1) is 0 Å². The van der Waals surface area contributed by atoms with Crippen LogP contribution in [0.1, 0.15) is 50.7 Å². The van der Waals surface area contributed by atoms with Gasteiger partial charge in [-0.1, -0.05) is 55.2 Å². The van der Waals surface area contributed by atoms with Crippen LogP contribution in [0.15, 0.2) is 42.5 Å². The van der Waals surface area contributed by atoms with Crippen LogP contribution in [0.25, 0.3) is 0 Å². The van der Waals surface area contributed by atoms with E-state index in [9.17, 15) is 18.0 Å². The lowest BCUT2D eigenvalue weighted by Crippen LogP contribution is -2.49. The summed E-state index contributed by atoms with van der Waals surface area (Å²) in [5.74, 6) is -0.423. The van der Waals surface area contributed by atoms with Gasteiger partial charge >= 0.3 is 0 Å². The molecular formula is C26H35Cl2N3O4S. The highest BCUT2D eigenvalue weighted by Gasteiger charge is 2.29. The second-order valence-corrected chi connectivity index (χ2v) is 11.5. The van der Waals surface area contributed by atoms with Crippen molar-refractivity contribution in [1.82, 2.24) is 10.2 Å². The van der Waals surface area contributed by atoms with Crippen molar-refractivity contribution in [2.75, 3.05) is 23.7 Å². The summed E-state index contributed by atoms with van der Waals surface area (Å²) in [7, 11) is -3.60. The maximum Gasteiger partial charge on any atom is 0.242 e. The molecule has 2 rings (SSSR count). The third-order valence-corrected chi connectivity index (χ3v) is 7.46. The number of benzene rings is 2. The third-order valence-electron chi connectivity index (χ3n) is 5.79. The van der Waals surface area contributed by atoms with Gasteiger partial charge in [-0.3, -0.25) is 13.9 Å².